The van der Waals surface area contributed by atoms with Crippen LogP contribution in [-0.2, 0) is 0 Å². The average Bonchev–Trinajstić information content (AvgIpc) is 2.94. The molecule has 0 saturated heterocycles. The van der Waals surface area contributed by atoms with Gasteiger partial charge in [0.2, 0.25) is 0 Å². The van der Waals surface area contributed by atoms with Gasteiger partial charge in [-0.25, -0.2) is 0 Å². The molecular formula is C46H82N8. The fourth-order valence-corrected chi connectivity index (χ4v) is 12.9. The molecule has 4 saturated carbocycles. The van der Waals surface area contributed by atoms with Crippen LogP contribution in [0.25, 0.3) is 0 Å². The van der Waals surface area contributed by atoms with Crippen LogP contribution in [0, 0.1) is 43.3 Å². The molecule has 0 bridgehead atoms. The first-order valence-electron chi connectivity index (χ1n) is 21.3. The Bertz CT molecular complexity index is 1310. The van der Waals surface area contributed by atoms with Gasteiger partial charge in [-0.3, -0.25) is 30.0 Å². The van der Waals surface area contributed by atoms with Crippen molar-refractivity contribution in [1.82, 2.24) is 0 Å². The summed E-state index contributed by atoms with van der Waals surface area (Å²) in [5, 5.41) is 0. The minimum atomic E-state index is 0.105. The number of rotatable bonds is 13. The quantitative estimate of drug-likeness (QED) is 0.182. The summed E-state index contributed by atoms with van der Waals surface area (Å²) in [6.45, 7) is 31.6. The van der Waals surface area contributed by atoms with Crippen LogP contribution in [0.1, 0.15) is 160 Å². The zero-order valence-corrected chi connectivity index (χ0v) is 36.9. The molecule has 4 rings (SSSR count). The Balaban J connectivity index is 1.25. The van der Waals surface area contributed by atoms with E-state index in [-0.39, 0.29) is 67.5 Å². The van der Waals surface area contributed by atoms with Crippen molar-refractivity contribution in [3.8, 4) is 0 Å². The minimum absolute atomic E-state index is 0.105. The van der Waals surface area contributed by atoms with Crippen LogP contribution in [-0.4, -0.2) is 87.6 Å². The lowest BCUT2D eigenvalue weighted by Crippen LogP contribution is -2.43. The smallest absolute Gasteiger partial charge is 0.0511 e. The highest BCUT2D eigenvalue weighted by Gasteiger charge is 2.43. The Kier molecular flexibility index (Phi) is 14.2. The molecule has 0 aromatic heterocycles. The molecule has 0 aliphatic heterocycles. The van der Waals surface area contributed by atoms with Crippen molar-refractivity contribution in [1.29, 1.82) is 0 Å². The summed E-state index contributed by atoms with van der Waals surface area (Å²) < 4.78 is 0. The summed E-state index contributed by atoms with van der Waals surface area (Å²) in [7, 11) is 0. The second-order valence-electron chi connectivity index (χ2n) is 23.6. The van der Waals surface area contributed by atoms with Crippen molar-refractivity contribution < 1.29 is 0 Å². The molecule has 8 nitrogen and oxygen atoms in total. The molecule has 4 aliphatic carbocycles. The minimum Gasteiger partial charge on any atom is -0.328 e. The van der Waals surface area contributed by atoms with E-state index in [1.807, 2.05) is 37.3 Å². The van der Waals surface area contributed by atoms with Gasteiger partial charge in [0.25, 0.3) is 0 Å². The predicted octanol–water partition coefficient (Wildman–Crippen LogP) is 9.67. The summed E-state index contributed by atoms with van der Waals surface area (Å²) in [5.41, 5.74) is 14.4. The summed E-state index contributed by atoms with van der Waals surface area (Å²) >= 11 is 0. The standard InChI is InChI=1S/C46H82N8/c1-39(2)19-35(47)21-43(9,27-39)31-51-15-17-53-37-23-41(5,6)29-45(11,25-37)33-49-13-14-50-34-46(12)26-38(24-42(7,8)30-46)54-18-16-52-32-44(10)22-36(48)20-40(3,4)28-44/h13-18,35-38H,19-34,47-48H2,1-12H3. The van der Waals surface area contributed by atoms with Crippen molar-refractivity contribution in [2.24, 2.45) is 84.7 Å². The van der Waals surface area contributed by atoms with E-state index < -0.39 is 0 Å². The van der Waals surface area contributed by atoms with E-state index in [9.17, 15) is 0 Å². The van der Waals surface area contributed by atoms with Gasteiger partial charge < -0.3 is 11.5 Å². The van der Waals surface area contributed by atoms with Gasteiger partial charge in [-0.15, -0.1) is 0 Å². The van der Waals surface area contributed by atoms with Crippen LogP contribution >= 0.6 is 0 Å². The Hall–Kier alpha value is -2.06. The van der Waals surface area contributed by atoms with Gasteiger partial charge in [0.05, 0.1) is 12.1 Å². The van der Waals surface area contributed by atoms with Crippen molar-refractivity contribution in [3.63, 3.8) is 0 Å². The third kappa shape index (κ3) is 14.5. The fourth-order valence-electron chi connectivity index (χ4n) is 12.9. The first-order chi connectivity index (χ1) is 24.8. The largest absolute Gasteiger partial charge is 0.328 e. The Labute approximate surface area is 331 Å². The second kappa shape index (κ2) is 17.2. The SMILES string of the molecule is CC1(C)CC(N)CC(C)(CN=CC=NC2CC(C)(C)CC(C)(CN=CC=NCC3(C)CC(N=CC=NCC4(C)CC(N)CC(C)(C)C4)CC(C)(C)C3)C2)C1. The van der Waals surface area contributed by atoms with Gasteiger partial charge in [-0.05, 0) is 120 Å². The molecule has 4 aliphatic rings. The van der Waals surface area contributed by atoms with E-state index in [4.69, 9.17) is 41.4 Å². The summed E-state index contributed by atoms with van der Waals surface area (Å²) in [5.74, 6) is 0. The molecule has 8 heteroatoms. The number of aliphatic imine (C=N–C) groups is 6. The monoisotopic (exact) mass is 747 g/mol. The number of hydrogen-bond donors (Lipinski definition) is 2. The number of nitrogens with two attached hydrogens (primary N) is 2. The van der Waals surface area contributed by atoms with Gasteiger partial charge in [-0.1, -0.05) is 83.1 Å². The average molecular weight is 747 g/mol. The van der Waals surface area contributed by atoms with Crippen molar-refractivity contribution in [2.45, 2.75) is 184 Å². The van der Waals surface area contributed by atoms with Crippen LogP contribution in [0.2, 0.25) is 0 Å². The Morgan fingerprint density at radius 3 is 0.926 bits per heavy atom. The highest BCUT2D eigenvalue weighted by molar-refractivity contribution is 6.16. The molecule has 8 unspecified atom stereocenters. The molecule has 4 fully saturated rings. The van der Waals surface area contributed by atoms with E-state index in [2.05, 4.69) is 83.1 Å². The van der Waals surface area contributed by atoms with Gasteiger partial charge in [0.1, 0.15) is 0 Å². The maximum absolute atomic E-state index is 6.41. The highest BCUT2D eigenvalue weighted by Crippen LogP contribution is 2.49. The molecular weight excluding hydrogens is 665 g/mol. The number of hydrogen-bond acceptors (Lipinski definition) is 8. The molecule has 0 heterocycles. The van der Waals surface area contributed by atoms with Crippen LogP contribution < -0.4 is 11.5 Å². The zero-order chi connectivity index (χ0) is 40.1. The molecule has 0 amide bonds. The van der Waals surface area contributed by atoms with Crippen molar-refractivity contribution in [3.05, 3.63) is 0 Å². The van der Waals surface area contributed by atoms with E-state index >= 15 is 0 Å². The molecule has 306 valence electrons. The second-order valence-corrected chi connectivity index (χ2v) is 23.6. The van der Waals surface area contributed by atoms with Gasteiger partial charge >= 0.3 is 0 Å². The molecule has 0 aromatic carbocycles. The lowest BCUT2D eigenvalue weighted by Gasteiger charge is -2.45. The summed E-state index contributed by atoms with van der Waals surface area (Å²) in [6, 6.07) is 1.11. The van der Waals surface area contributed by atoms with Gasteiger partial charge in [0.15, 0.2) is 0 Å². The van der Waals surface area contributed by atoms with E-state index in [1.54, 1.807) is 0 Å². The maximum Gasteiger partial charge on any atom is 0.0511 e. The molecule has 0 aromatic rings. The lowest BCUT2D eigenvalue weighted by molar-refractivity contribution is 0.0905. The van der Waals surface area contributed by atoms with Gasteiger partial charge in [-0.2, -0.15) is 0 Å². The van der Waals surface area contributed by atoms with E-state index in [1.165, 1.54) is 12.8 Å². The Morgan fingerprint density at radius 1 is 0.370 bits per heavy atom. The lowest BCUT2D eigenvalue weighted by atomic mass is 9.62. The van der Waals surface area contributed by atoms with Crippen LogP contribution in [0.3, 0.4) is 0 Å². The first kappa shape index (κ1) is 44.7. The zero-order valence-electron chi connectivity index (χ0n) is 36.9. The molecule has 54 heavy (non-hydrogen) atoms. The van der Waals surface area contributed by atoms with Crippen LogP contribution in [0.5, 0.6) is 0 Å². The summed E-state index contributed by atoms with van der Waals surface area (Å²) in [6.07, 6.45) is 24.8. The normalized spacial score (nSPS) is 39.9. The van der Waals surface area contributed by atoms with Crippen LogP contribution in [0.15, 0.2) is 30.0 Å². The van der Waals surface area contributed by atoms with Crippen molar-refractivity contribution in [2.75, 3.05) is 26.2 Å². The predicted molar refractivity (Wildman–Crippen MR) is 237 cm³/mol. The fraction of sp³-hybridized carbons (Fsp3) is 0.870. The molecule has 4 N–H and O–H groups in total. The van der Waals surface area contributed by atoms with E-state index in [0.29, 0.717) is 0 Å². The third-order valence-corrected chi connectivity index (χ3v) is 12.9. The summed E-state index contributed by atoms with van der Waals surface area (Å²) in [4.78, 5) is 29.5. The topological polar surface area (TPSA) is 126 Å². The molecule has 8 atom stereocenters. The van der Waals surface area contributed by atoms with Gasteiger partial charge in [0, 0.05) is 75.6 Å². The van der Waals surface area contributed by atoms with Crippen molar-refractivity contribution >= 4 is 37.3 Å². The number of nitrogens with zero attached hydrogens (tertiary/aromatic N) is 6. The highest BCUT2D eigenvalue weighted by atomic mass is 14.9. The van der Waals surface area contributed by atoms with E-state index in [0.717, 1.165) is 90.4 Å². The maximum atomic E-state index is 6.41. The first-order valence-corrected chi connectivity index (χ1v) is 21.3. The van der Waals surface area contributed by atoms with Crippen LogP contribution in [0.4, 0.5) is 0 Å². The molecule has 0 spiro atoms. The third-order valence-electron chi connectivity index (χ3n) is 12.9. The Morgan fingerprint density at radius 2 is 0.630 bits per heavy atom. The molecule has 0 radical (unpaired) electrons.